The fourth-order valence-corrected chi connectivity index (χ4v) is 2.84. The number of aliphatic imine (C=N–C) groups is 1. The Morgan fingerprint density at radius 2 is 1.91 bits per heavy atom. The Hall–Kier alpha value is -2.20. The van der Waals surface area contributed by atoms with Crippen LogP contribution in [0.5, 0.6) is 0 Å². The lowest BCUT2D eigenvalue weighted by Crippen LogP contribution is -2.41. The van der Waals surface area contributed by atoms with Crippen LogP contribution in [0.1, 0.15) is 25.1 Å². The zero-order valence-electron chi connectivity index (χ0n) is 19.3. The fraction of sp³-hybridized carbons (Fsp3) is 0.458. The van der Waals surface area contributed by atoms with Crippen LogP contribution in [-0.4, -0.2) is 61.6 Å². The molecule has 7 nitrogen and oxygen atoms in total. The van der Waals surface area contributed by atoms with Crippen LogP contribution in [0, 0.1) is 5.92 Å². The van der Waals surface area contributed by atoms with Gasteiger partial charge < -0.3 is 20.3 Å². The number of likely N-dealkylation sites (N-methyl/N-ethyl adjacent to an activating group) is 1. The predicted molar refractivity (Wildman–Crippen MR) is 140 cm³/mol. The predicted octanol–water partition coefficient (Wildman–Crippen LogP) is 3.11. The monoisotopic (exact) mass is 553 g/mol. The first-order valence-electron chi connectivity index (χ1n) is 10.9. The summed E-state index contributed by atoms with van der Waals surface area (Å²) in [7, 11) is 1.80. The Morgan fingerprint density at radius 3 is 2.59 bits per heavy atom. The lowest BCUT2D eigenvalue weighted by atomic mass is 10.2. The van der Waals surface area contributed by atoms with Crippen LogP contribution < -0.4 is 10.6 Å². The van der Waals surface area contributed by atoms with Gasteiger partial charge in [0.25, 0.3) is 0 Å². The van der Waals surface area contributed by atoms with Gasteiger partial charge in [-0.3, -0.25) is 9.78 Å². The smallest absolute Gasteiger partial charge is 0.244 e. The van der Waals surface area contributed by atoms with Crippen molar-refractivity contribution in [2.24, 2.45) is 10.9 Å². The summed E-state index contributed by atoms with van der Waals surface area (Å²) in [4.78, 5) is 22.8. The molecule has 2 rings (SSSR count). The minimum atomic E-state index is -0.0209. The van der Waals surface area contributed by atoms with Crippen molar-refractivity contribution in [1.29, 1.82) is 0 Å². The van der Waals surface area contributed by atoms with Crippen LogP contribution in [0.25, 0.3) is 0 Å². The Labute approximate surface area is 209 Å². The molecule has 1 aromatic heterocycles. The molecule has 0 saturated carbocycles. The number of halogens is 1. The molecule has 0 bridgehead atoms. The van der Waals surface area contributed by atoms with Crippen molar-refractivity contribution in [3.05, 3.63) is 66.0 Å². The van der Waals surface area contributed by atoms with Gasteiger partial charge >= 0.3 is 0 Å². The first-order chi connectivity index (χ1) is 15.1. The largest absolute Gasteiger partial charge is 0.376 e. The maximum Gasteiger partial charge on any atom is 0.244 e. The van der Waals surface area contributed by atoms with E-state index in [0.717, 1.165) is 18.7 Å². The van der Waals surface area contributed by atoms with Crippen molar-refractivity contribution < 1.29 is 9.53 Å². The molecule has 0 aliphatic carbocycles. The van der Waals surface area contributed by atoms with E-state index in [0.29, 0.717) is 38.2 Å². The van der Waals surface area contributed by atoms with Gasteiger partial charge in [-0.2, -0.15) is 0 Å². The van der Waals surface area contributed by atoms with E-state index in [-0.39, 0.29) is 36.4 Å². The van der Waals surface area contributed by atoms with Gasteiger partial charge in [-0.05, 0) is 30.5 Å². The molecule has 0 radical (unpaired) electrons. The van der Waals surface area contributed by atoms with Crippen molar-refractivity contribution in [2.75, 3.05) is 39.8 Å². The summed E-state index contributed by atoms with van der Waals surface area (Å²) in [6.45, 7) is 7.55. The fourth-order valence-electron chi connectivity index (χ4n) is 2.84. The van der Waals surface area contributed by atoms with Crippen LogP contribution in [0.4, 0.5) is 0 Å². The highest BCUT2D eigenvalue weighted by molar-refractivity contribution is 14.0. The molecule has 0 spiro atoms. The van der Waals surface area contributed by atoms with E-state index in [1.54, 1.807) is 18.1 Å². The molecular formula is C24H36IN5O2. The summed E-state index contributed by atoms with van der Waals surface area (Å²) < 4.78 is 5.80. The number of hydrogen-bond donors (Lipinski definition) is 2. The lowest BCUT2D eigenvalue weighted by molar-refractivity contribution is -0.128. The Balaban J connectivity index is 0.00000512. The number of carbonyl (C=O) groups excluding carboxylic acids is 1. The molecule has 1 amide bonds. The number of amides is 1. The third-order valence-corrected chi connectivity index (χ3v) is 4.70. The third-order valence-electron chi connectivity index (χ3n) is 4.70. The molecule has 32 heavy (non-hydrogen) atoms. The standard InChI is InChI=1S/C24H35N5O2.HI/c1-4-25-24(27-16-20(2)18-31-19-21-10-6-5-7-11-21)28-17-23(30)29(3)15-13-22-12-8-9-14-26-22;/h5-12,14,20H,4,13,15-19H2,1-3H3,(H2,25,27,28);1H. The van der Waals surface area contributed by atoms with Gasteiger partial charge in [0.2, 0.25) is 5.91 Å². The maximum atomic E-state index is 12.4. The summed E-state index contributed by atoms with van der Waals surface area (Å²) in [5.41, 5.74) is 2.15. The van der Waals surface area contributed by atoms with Crippen LogP contribution in [0.3, 0.4) is 0 Å². The number of benzene rings is 1. The van der Waals surface area contributed by atoms with Crippen molar-refractivity contribution >= 4 is 35.8 Å². The van der Waals surface area contributed by atoms with E-state index < -0.39 is 0 Å². The number of aromatic nitrogens is 1. The molecule has 1 atom stereocenters. The summed E-state index contributed by atoms with van der Waals surface area (Å²) in [6.07, 6.45) is 2.50. The van der Waals surface area contributed by atoms with E-state index in [9.17, 15) is 4.79 Å². The second-order valence-corrected chi connectivity index (χ2v) is 7.57. The highest BCUT2D eigenvalue weighted by atomic mass is 127. The normalized spacial score (nSPS) is 11.9. The van der Waals surface area contributed by atoms with Gasteiger partial charge in [-0.25, -0.2) is 4.99 Å². The minimum absolute atomic E-state index is 0. The van der Waals surface area contributed by atoms with Crippen LogP contribution in [0.2, 0.25) is 0 Å². The summed E-state index contributed by atoms with van der Waals surface area (Å²) >= 11 is 0. The number of nitrogens with one attached hydrogen (secondary N) is 2. The van der Waals surface area contributed by atoms with Gasteiger partial charge in [-0.15, -0.1) is 24.0 Å². The number of ether oxygens (including phenoxy) is 1. The van der Waals surface area contributed by atoms with Crippen LogP contribution >= 0.6 is 24.0 Å². The first-order valence-corrected chi connectivity index (χ1v) is 10.9. The average molecular weight is 553 g/mol. The van der Waals surface area contributed by atoms with E-state index in [2.05, 4.69) is 39.7 Å². The molecule has 1 aromatic carbocycles. The van der Waals surface area contributed by atoms with E-state index in [1.165, 1.54) is 5.56 Å². The second kappa shape index (κ2) is 16.4. The molecule has 2 aromatic rings. The topological polar surface area (TPSA) is 78.9 Å². The van der Waals surface area contributed by atoms with Crippen molar-refractivity contribution in [2.45, 2.75) is 26.9 Å². The molecule has 0 saturated heterocycles. The molecule has 0 aliphatic heterocycles. The van der Waals surface area contributed by atoms with Gasteiger partial charge in [0.1, 0.15) is 6.54 Å². The summed E-state index contributed by atoms with van der Waals surface area (Å²) in [5.74, 6) is 0.931. The number of pyridine rings is 1. The van der Waals surface area contributed by atoms with Crippen LogP contribution in [-0.2, 0) is 22.6 Å². The van der Waals surface area contributed by atoms with E-state index in [4.69, 9.17) is 4.74 Å². The van der Waals surface area contributed by atoms with Gasteiger partial charge in [0, 0.05) is 45.0 Å². The highest BCUT2D eigenvalue weighted by Gasteiger charge is 2.10. The molecule has 8 heteroatoms. The minimum Gasteiger partial charge on any atom is -0.376 e. The molecular weight excluding hydrogens is 517 g/mol. The quantitative estimate of drug-likeness (QED) is 0.240. The van der Waals surface area contributed by atoms with Crippen molar-refractivity contribution in [3.63, 3.8) is 0 Å². The Bertz CT molecular complexity index is 789. The van der Waals surface area contributed by atoms with Crippen molar-refractivity contribution in [3.8, 4) is 0 Å². The second-order valence-electron chi connectivity index (χ2n) is 7.57. The number of carbonyl (C=O) groups is 1. The van der Waals surface area contributed by atoms with Gasteiger partial charge in [0.15, 0.2) is 5.96 Å². The first kappa shape index (κ1) is 27.8. The number of hydrogen-bond acceptors (Lipinski definition) is 4. The van der Waals surface area contributed by atoms with Gasteiger partial charge in [0.05, 0.1) is 13.2 Å². The molecule has 0 fully saturated rings. The average Bonchev–Trinajstić information content (AvgIpc) is 2.80. The van der Waals surface area contributed by atoms with E-state index >= 15 is 0 Å². The highest BCUT2D eigenvalue weighted by Crippen LogP contribution is 2.03. The zero-order chi connectivity index (χ0) is 22.3. The molecule has 1 unspecified atom stereocenters. The summed E-state index contributed by atoms with van der Waals surface area (Å²) in [6, 6.07) is 16.0. The molecule has 0 aliphatic rings. The number of rotatable bonds is 12. The molecule has 176 valence electrons. The van der Waals surface area contributed by atoms with Crippen molar-refractivity contribution in [1.82, 2.24) is 20.5 Å². The lowest BCUT2D eigenvalue weighted by Gasteiger charge is -2.18. The van der Waals surface area contributed by atoms with Crippen LogP contribution in [0.15, 0.2) is 59.7 Å². The number of nitrogens with zero attached hydrogens (tertiary/aromatic N) is 3. The maximum absolute atomic E-state index is 12.4. The van der Waals surface area contributed by atoms with E-state index in [1.807, 2.05) is 43.3 Å². The van der Waals surface area contributed by atoms with Gasteiger partial charge in [-0.1, -0.05) is 43.3 Å². The Morgan fingerprint density at radius 1 is 1.16 bits per heavy atom. The molecule has 2 N–H and O–H groups in total. The molecule has 1 heterocycles. The summed E-state index contributed by atoms with van der Waals surface area (Å²) in [5, 5.41) is 6.49. The zero-order valence-corrected chi connectivity index (χ0v) is 21.6. The Kier molecular flexibility index (Phi) is 14.3. The number of guanidine groups is 1. The SMILES string of the molecule is CCNC(=NCC(=O)N(C)CCc1ccccn1)NCC(C)COCc1ccccc1.I. The third kappa shape index (κ3) is 11.4.